The SMILES string of the molecule is CCN1CCN(c2cncc(-c3cn(-c4cc(CC(=O)c5cc(C)n(C(C)(C)C)n5)cnc4C)nn3)c2)CC1. The van der Waals surface area contributed by atoms with Crippen molar-refractivity contribution in [3.63, 3.8) is 0 Å². The van der Waals surface area contributed by atoms with Crippen LogP contribution in [0.25, 0.3) is 16.9 Å². The van der Waals surface area contributed by atoms with E-state index in [1.54, 1.807) is 10.9 Å². The van der Waals surface area contributed by atoms with Crippen molar-refractivity contribution in [2.75, 3.05) is 37.6 Å². The number of hydrogen-bond acceptors (Lipinski definition) is 8. The molecule has 0 atom stereocenters. The molecule has 1 saturated heterocycles. The highest BCUT2D eigenvalue weighted by atomic mass is 16.1. The number of rotatable bonds is 7. The van der Waals surface area contributed by atoms with Crippen molar-refractivity contribution in [1.29, 1.82) is 0 Å². The molecule has 4 aromatic rings. The van der Waals surface area contributed by atoms with Crippen LogP contribution in [0.4, 0.5) is 5.69 Å². The number of Topliss-reactive ketones (excluding diaryl/α,β-unsaturated/α-hetero) is 1. The van der Waals surface area contributed by atoms with Crippen LogP contribution in [0, 0.1) is 13.8 Å². The number of hydrogen-bond donors (Lipinski definition) is 0. The summed E-state index contributed by atoms with van der Waals surface area (Å²) in [6.07, 6.45) is 7.57. The Kier molecular flexibility index (Phi) is 7.31. The Hall–Kier alpha value is -3.92. The molecule has 204 valence electrons. The van der Waals surface area contributed by atoms with Crippen LogP contribution < -0.4 is 4.90 Å². The number of pyridine rings is 2. The molecule has 1 fully saturated rings. The molecule has 0 radical (unpaired) electrons. The van der Waals surface area contributed by atoms with Crippen LogP contribution in [-0.4, -0.2) is 78.1 Å². The topological polar surface area (TPSA) is 97.9 Å². The largest absolute Gasteiger partial charge is 0.368 e. The summed E-state index contributed by atoms with van der Waals surface area (Å²) in [6, 6.07) is 5.93. The molecule has 5 heterocycles. The smallest absolute Gasteiger partial charge is 0.187 e. The first-order valence-corrected chi connectivity index (χ1v) is 13.5. The van der Waals surface area contributed by atoms with E-state index in [0.717, 1.165) is 72.3 Å². The Bertz CT molecular complexity index is 1470. The van der Waals surface area contributed by atoms with Gasteiger partial charge in [0.1, 0.15) is 11.4 Å². The van der Waals surface area contributed by atoms with Crippen molar-refractivity contribution >= 4 is 11.5 Å². The van der Waals surface area contributed by atoms with E-state index in [-0.39, 0.29) is 17.7 Å². The highest BCUT2D eigenvalue weighted by molar-refractivity contribution is 5.95. The van der Waals surface area contributed by atoms with Gasteiger partial charge in [0.05, 0.1) is 35.0 Å². The molecule has 0 amide bonds. The number of aromatic nitrogens is 7. The Morgan fingerprint density at radius 1 is 1.00 bits per heavy atom. The summed E-state index contributed by atoms with van der Waals surface area (Å²) >= 11 is 0. The number of carbonyl (C=O) groups is 1. The van der Waals surface area contributed by atoms with Crippen LogP contribution in [0.3, 0.4) is 0 Å². The van der Waals surface area contributed by atoms with Crippen LogP contribution in [0.5, 0.6) is 0 Å². The number of carbonyl (C=O) groups excluding carboxylic acids is 1. The summed E-state index contributed by atoms with van der Waals surface area (Å²) in [4.78, 5) is 26.9. The van der Waals surface area contributed by atoms with Gasteiger partial charge >= 0.3 is 0 Å². The number of ketones is 1. The minimum absolute atomic E-state index is 0.0420. The molecule has 0 aromatic carbocycles. The van der Waals surface area contributed by atoms with Gasteiger partial charge < -0.3 is 9.80 Å². The predicted molar refractivity (Wildman–Crippen MR) is 151 cm³/mol. The number of piperazine rings is 1. The lowest BCUT2D eigenvalue weighted by molar-refractivity contribution is 0.0986. The molecule has 1 aliphatic heterocycles. The number of nitrogens with zero attached hydrogens (tertiary/aromatic N) is 9. The summed E-state index contributed by atoms with van der Waals surface area (Å²) in [5.41, 5.74) is 6.38. The van der Waals surface area contributed by atoms with Gasteiger partial charge in [-0.15, -0.1) is 5.10 Å². The second-order valence-corrected chi connectivity index (χ2v) is 11.2. The van der Waals surface area contributed by atoms with Gasteiger partial charge in [-0.3, -0.25) is 19.4 Å². The molecular weight excluding hydrogens is 490 g/mol. The van der Waals surface area contributed by atoms with Crippen molar-refractivity contribution in [2.45, 2.75) is 53.5 Å². The molecule has 0 unspecified atom stereocenters. The van der Waals surface area contributed by atoms with Crippen molar-refractivity contribution in [1.82, 2.24) is 39.6 Å². The monoisotopic (exact) mass is 527 g/mol. The molecule has 0 saturated carbocycles. The second kappa shape index (κ2) is 10.7. The first-order valence-electron chi connectivity index (χ1n) is 13.5. The highest BCUT2D eigenvalue weighted by Crippen LogP contribution is 2.24. The number of anilines is 1. The quantitative estimate of drug-likeness (QED) is 0.334. The van der Waals surface area contributed by atoms with Gasteiger partial charge in [0.15, 0.2) is 5.78 Å². The average Bonchev–Trinajstić information content (AvgIpc) is 3.57. The Morgan fingerprint density at radius 2 is 1.77 bits per heavy atom. The zero-order valence-corrected chi connectivity index (χ0v) is 23.7. The minimum atomic E-state index is -0.189. The van der Waals surface area contributed by atoms with E-state index in [4.69, 9.17) is 0 Å². The van der Waals surface area contributed by atoms with E-state index in [0.29, 0.717) is 5.69 Å². The molecule has 39 heavy (non-hydrogen) atoms. The number of likely N-dealkylation sites (N-methyl/N-ethyl adjacent to an activating group) is 1. The maximum absolute atomic E-state index is 13.1. The standard InChI is InChI=1S/C29H37N9O/c1-7-35-8-10-36(11-9-35)24-15-23(17-30-18-24)26-19-37(34-32-26)27-13-22(16-31-21(27)3)14-28(39)25-12-20(2)38(33-25)29(4,5)6/h12-13,15-19H,7-11,14H2,1-6H3. The first kappa shape index (κ1) is 26.7. The van der Waals surface area contributed by atoms with Gasteiger partial charge in [0.2, 0.25) is 0 Å². The van der Waals surface area contributed by atoms with Gasteiger partial charge in [-0.1, -0.05) is 12.1 Å². The maximum atomic E-state index is 13.1. The Balaban J connectivity index is 1.34. The summed E-state index contributed by atoms with van der Waals surface area (Å²) < 4.78 is 3.61. The van der Waals surface area contributed by atoms with Gasteiger partial charge in [0.25, 0.3) is 0 Å². The van der Waals surface area contributed by atoms with E-state index < -0.39 is 0 Å². The summed E-state index contributed by atoms with van der Waals surface area (Å²) in [5, 5.41) is 13.4. The molecule has 0 N–H and O–H groups in total. The van der Waals surface area contributed by atoms with Crippen molar-refractivity contribution < 1.29 is 4.79 Å². The normalized spacial score (nSPS) is 14.7. The third-order valence-electron chi connectivity index (χ3n) is 7.23. The first-order chi connectivity index (χ1) is 18.6. The third-order valence-corrected chi connectivity index (χ3v) is 7.23. The molecular formula is C29H37N9O. The molecule has 4 aromatic heterocycles. The molecule has 0 bridgehead atoms. The lowest BCUT2D eigenvalue weighted by Gasteiger charge is -2.35. The molecule has 0 spiro atoms. The van der Waals surface area contributed by atoms with Crippen LogP contribution in [-0.2, 0) is 12.0 Å². The van der Waals surface area contributed by atoms with E-state index in [1.807, 2.05) is 49.3 Å². The molecule has 10 heteroatoms. The maximum Gasteiger partial charge on any atom is 0.187 e. The molecule has 0 aliphatic carbocycles. The van der Waals surface area contributed by atoms with Gasteiger partial charge in [-0.2, -0.15) is 5.10 Å². The molecule has 1 aliphatic rings. The fourth-order valence-electron chi connectivity index (χ4n) is 5.03. The van der Waals surface area contributed by atoms with Gasteiger partial charge in [-0.05, 0) is 64.9 Å². The molecule has 5 rings (SSSR count). The Morgan fingerprint density at radius 3 is 2.46 bits per heavy atom. The van der Waals surface area contributed by atoms with Gasteiger partial charge in [-0.25, -0.2) is 4.68 Å². The van der Waals surface area contributed by atoms with E-state index in [1.165, 1.54) is 0 Å². The van der Waals surface area contributed by atoms with Crippen molar-refractivity contribution in [3.8, 4) is 16.9 Å². The van der Waals surface area contributed by atoms with E-state index >= 15 is 0 Å². The van der Waals surface area contributed by atoms with Crippen LogP contribution >= 0.6 is 0 Å². The van der Waals surface area contributed by atoms with Crippen LogP contribution in [0.2, 0.25) is 0 Å². The van der Waals surface area contributed by atoms with Crippen LogP contribution in [0.15, 0.2) is 43.0 Å². The third kappa shape index (κ3) is 5.75. The average molecular weight is 528 g/mol. The van der Waals surface area contributed by atoms with Crippen LogP contribution in [0.1, 0.15) is 55.1 Å². The van der Waals surface area contributed by atoms with Crippen molar-refractivity contribution in [2.24, 2.45) is 0 Å². The lowest BCUT2D eigenvalue weighted by atomic mass is 10.1. The highest BCUT2D eigenvalue weighted by Gasteiger charge is 2.21. The zero-order chi connectivity index (χ0) is 27.7. The number of aryl methyl sites for hydroxylation is 2. The second-order valence-electron chi connectivity index (χ2n) is 11.2. The molecule has 10 nitrogen and oxygen atoms in total. The summed E-state index contributed by atoms with van der Waals surface area (Å²) in [5.74, 6) is -0.0420. The fourth-order valence-corrected chi connectivity index (χ4v) is 5.03. The zero-order valence-electron chi connectivity index (χ0n) is 23.7. The Labute approximate surface area is 229 Å². The lowest BCUT2D eigenvalue weighted by Crippen LogP contribution is -2.46. The summed E-state index contributed by atoms with van der Waals surface area (Å²) in [7, 11) is 0. The minimum Gasteiger partial charge on any atom is -0.368 e. The van der Waals surface area contributed by atoms with E-state index in [2.05, 4.69) is 68.9 Å². The predicted octanol–water partition coefficient (Wildman–Crippen LogP) is 3.86. The summed E-state index contributed by atoms with van der Waals surface area (Å²) in [6.45, 7) is 17.5. The van der Waals surface area contributed by atoms with Gasteiger partial charge in [0, 0.05) is 56.3 Å². The van der Waals surface area contributed by atoms with E-state index in [9.17, 15) is 4.79 Å². The van der Waals surface area contributed by atoms with Crippen molar-refractivity contribution in [3.05, 3.63) is 65.6 Å². The fraction of sp³-hybridized carbons (Fsp3) is 0.448.